The van der Waals surface area contributed by atoms with Crippen molar-refractivity contribution < 1.29 is 4.79 Å². The molecule has 1 aliphatic rings. The maximum absolute atomic E-state index is 11.9. The van der Waals surface area contributed by atoms with Gasteiger partial charge in [0.15, 0.2) is 0 Å². The topological polar surface area (TPSA) is 46.9 Å². The van der Waals surface area contributed by atoms with Gasteiger partial charge in [0.2, 0.25) is 5.91 Å². The van der Waals surface area contributed by atoms with Crippen LogP contribution in [0, 0.1) is 0 Å². The normalized spacial score (nSPS) is 13.6. The molecular weight excluding hydrogens is 274 g/mol. The molecule has 1 aromatic heterocycles. The fraction of sp³-hybridized carbons (Fsp3) is 0.444. The van der Waals surface area contributed by atoms with Gasteiger partial charge in [0.05, 0.1) is 5.69 Å². The molecule has 1 aliphatic heterocycles. The Morgan fingerprint density at radius 2 is 2.05 bits per heavy atom. The third-order valence-electron chi connectivity index (χ3n) is 4.15. The van der Waals surface area contributed by atoms with Crippen molar-refractivity contribution in [3.63, 3.8) is 0 Å². The van der Waals surface area contributed by atoms with E-state index in [0.717, 1.165) is 31.5 Å². The standard InChI is InChI=1S/C18H23N3O/c22-18(10-9-15-6-2-1-3-7-15)19-12-11-16-14-21-13-5-4-8-17(21)20-16/h1-3,6-7,14H,4-5,8-13H2,(H,19,22). The first-order valence-corrected chi connectivity index (χ1v) is 8.17. The van der Waals surface area contributed by atoms with E-state index in [2.05, 4.69) is 33.2 Å². The summed E-state index contributed by atoms with van der Waals surface area (Å²) >= 11 is 0. The second-order valence-electron chi connectivity index (χ2n) is 5.88. The second kappa shape index (κ2) is 7.25. The van der Waals surface area contributed by atoms with Crippen molar-refractivity contribution in [3.05, 3.63) is 53.6 Å². The number of carbonyl (C=O) groups is 1. The molecule has 1 amide bonds. The molecule has 2 aromatic rings. The molecule has 22 heavy (non-hydrogen) atoms. The van der Waals surface area contributed by atoms with E-state index in [-0.39, 0.29) is 5.91 Å². The van der Waals surface area contributed by atoms with Gasteiger partial charge in [-0.1, -0.05) is 30.3 Å². The van der Waals surface area contributed by atoms with Crippen molar-refractivity contribution in [3.8, 4) is 0 Å². The summed E-state index contributed by atoms with van der Waals surface area (Å²) in [5.74, 6) is 1.32. The SMILES string of the molecule is O=C(CCc1ccccc1)NCCc1cn2c(n1)CCCC2. The highest BCUT2D eigenvalue weighted by Crippen LogP contribution is 2.14. The minimum atomic E-state index is 0.118. The van der Waals surface area contributed by atoms with Gasteiger partial charge in [-0.25, -0.2) is 4.98 Å². The number of nitrogens with zero attached hydrogens (tertiary/aromatic N) is 2. The lowest BCUT2D eigenvalue weighted by Gasteiger charge is -2.11. The Morgan fingerprint density at radius 3 is 2.86 bits per heavy atom. The highest BCUT2D eigenvalue weighted by atomic mass is 16.1. The number of aryl methyl sites for hydroxylation is 3. The van der Waals surface area contributed by atoms with Crippen molar-refractivity contribution in [1.82, 2.24) is 14.9 Å². The van der Waals surface area contributed by atoms with Crippen LogP contribution >= 0.6 is 0 Å². The van der Waals surface area contributed by atoms with Crippen LogP contribution in [0.2, 0.25) is 0 Å². The van der Waals surface area contributed by atoms with E-state index in [1.165, 1.54) is 24.2 Å². The maximum Gasteiger partial charge on any atom is 0.220 e. The van der Waals surface area contributed by atoms with E-state index in [1.807, 2.05) is 18.2 Å². The quantitative estimate of drug-likeness (QED) is 0.890. The summed E-state index contributed by atoms with van der Waals surface area (Å²) in [5.41, 5.74) is 2.31. The summed E-state index contributed by atoms with van der Waals surface area (Å²) < 4.78 is 2.26. The van der Waals surface area contributed by atoms with Gasteiger partial charge in [-0.3, -0.25) is 4.79 Å². The van der Waals surface area contributed by atoms with Gasteiger partial charge in [-0.05, 0) is 24.8 Å². The molecule has 1 N–H and O–H groups in total. The molecule has 0 saturated heterocycles. The van der Waals surface area contributed by atoms with Gasteiger partial charge < -0.3 is 9.88 Å². The number of imidazole rings is 1. The molecule has 0 atom stereocenters. The zero-order valence-corrected chi connectivity index (χ0v) is 12.9. The highest BCUT2D eigenvalue weighted by molar-refractivity contribution is 5.76. The molecule has 116 valence electrons. The number of amides is 1. The minimum Gasteiger partial charge on any atom is -0.356 e. The first-order valence-electron chi connectivity index (χ1n) is 8.17. The van der Waals surface area contributed by atoms with Crippen molar-refractivity contribution >= 4 is 5.91 Å². The van der Waals surface area contributed by atoms with Crippen molar-refractivity contribution in [2.45, 2.75) is 45.1 Å². The molecule has 0 unspecified atom stereocenters. The molecule has 4 heteroatoms. The molecule has 0 saturated carbocycles. The average Bonchev–Trinajstić information content (AvgIpc) is 2.96. The van der Waals surface area contributed by atoms with Gasteiger partial charge >= 0.3 is 0 Å². The van der Waals surface area contributed by atoms with Gasteiger partial charge in [-0.2, -0.15) is 0 Å². The Bertz CT molecular complexity index is 595. The Morgan fingerprint density at radius 1 is 1.18 bits per heavy atom. The van der Waals surface area contributed by atoms with E-state index >= 15 is 0 Å². The molecule has 3 rings (SSSR count). The Hall–Kier alpha value is -2.10. The van der Waals surface area contributed by atoms with Crippen LogP contribution in [-0.2, 0) is 30.6 Å². The number of rotatable bonds is 6. The lowest BCUT2D eigenvalue weighted by molar-refractivity contribution is -0.121. The van der Waals surface area contributed by atoms with E-state index in [0.29, 0.717) is 13.0 Å². The number of carbonyl (C=O) groups excluding carboxylic acids is 1. The Balaban J connectivity index is 1.39. The van der Waals surface area contributed by atoms with Crippen molar-refractivity contribution in [1.29, 1.82) is 0 Å². The Kier molecular flexibility index (Phi) is 4.88. The number of hydrogen-bond donors (Lipinski definition) is 1. The molecule has 4 nitrogen and oxygen atoms in total. The summed E-state index contributed by atoms with van der Waals surface area (Å²) in [6, 6.07) is 10.1. The average molecular weight is 297 g/mol. The van der Waals surface area contributed by atoms with Crippen LogP contribution in [0.15, 0.2) is 36.5 Å². The first kappa shape index (κ1) is 14.8. The van der Waals surface area contributed by atoms with Crippen LogP contribution in [-0.4, -0.2) is 22.0 Å². The van der Waals surface area contributed by atoms with Crippen LogP contribution in [0.25, 0.3) is 0 Å². The lowest BCUT2D eigenvalue weighted by Crippen LogP contribution is -2.25. The van der Waals surface area contributed by atoms with Crippen LogP contribution in [0.4, 0.5) is 0 Å². The fourth-order valence-electron chi connectivity index (χ4n) is 2.91. The smallest absolute Gasteiger partial charge is 0.220 e. The fourth-order valence-corrected chi connectivity index (χ4v) is 2.91. The summed E-state index contributed by atoms with van der Waals surface area (Å²) in [7, 11) is 0. The number of nitrogens with one attached hydrogen (secondary N) is 1. The molecule has 0 spiro atoms. The Labute approximate surface area is 131 Å². The number of benzene rings is 1. The molecule has 0 radical (unpaired) electrons. The third kappa shape index (κ3) is 3.97. The maximum atomic E-state index is 11.9. The van der Waals surface area contributed by atoms with E-state index in [1.54, 1.807) is 0 Å². The van der Waals surface area contributed by atoms with E-state index in [9.17, 15) is 4.79 Å². The summed E-state index contributed by atoms with van der Waals surface area (Å²) in [6.45, 7) is 1.76. The van der Waals surface area contributed by atoms with Gasteiger partial charge in [0.1, 0.15) is 5.82 Å². The molecule has 0 fully saturated rings. The molecule has 1 aromatic carbocycles. The summed E-state index contributed by atoms with van der Waals surface area (Å²) in [4.78, 5) is 16.5. The molecule has 0 aliphatic carbocycles. The van der Waals surface area contributed by atoms with Crippen LogP contribution in [0.5, 0.6) is 0 Å². The lowest BCUT2D eigenvalue weighted by atomic mass is 10.1. The molecular formula is C18H23N3O. The summed E-state index contributed by atoms with van der Waals surface area (Å²) in [6.07, 6.45) is 7.88. The number of hydrogen-bond acceptors (Lipinski definition) is 2. The largest absolute Gasteiger partial charge is 0.356 e. The van der Waals surface area contributed by atoms with Crippen molar-refractivity contribution in [2.75, 3.05) is 6.54 Å². The van der Waals surface area contributed by atoms with Gasteiger partial charge in [0.25, 0.3) is 0 Å². The van der Waals surface area contributed by atoms with Crippen LogP contribution in [0.1, 0.15) is 36.3 Å². The van der Waals surface area contributed by atoms with E-state index in [4.69, 9.17) is 0 Å². The first-order chi connectivity index (χ1) is 10.8. The third-order valence-corrected chi connectivity index (χ3v) is 4.15. The number of aromatic nitrogens is 2. The zero-order chi connectivity index (χ0) is 15.2. The molecule has 2 heterocycles. The monoisotopic (exact) mass is 297 g/mol. The van der Waals surface area contributed by atoms with Gasteiger partial charge in [-0.15, -0.1) is 0 Å². The van der Waals surface area contributed by atoms with Crippen LogP contribution in [0.3, 0.4) is 0 Å². The van der Waals surface area contributed by atoms with Crippen LogP contribution < -0.4 is 5.32 Å². The molecule has 0 bridgehead atoms. The van der Waals surface area contributed by atoms with Gasteiger partial charge in [0, 0.05) is 38.5 Å². The van der Waals surface area contributed by atoms with E-state index < -0.39 is 0 Å². The second-order valence-corrected chi connectivity index (χ2v) is 5.88. The van der Waals surface area contributed by atoms with Crippen molar-refractivity contribution in [2.24, 2.45) is 0 Å². The zero-order valence-electron chi connectivity index (χ0n) is 12.9. The predicted octanol–water partition coefficient (Wildman–Crippen LogP) is 2.51. The minimum absolute atomic E-state index is 0.118. The summed E-state index contributed by atoms with van der Waals surface area (Å²) in [5, 5.41) is 2.99. The predicted molar refractivity (Wildman–Crippen MR) is 86.6 cm³/mol. The highest BCUT2D eigenvalue weighted by Gasteiger charge is 2.12. The number of fused-ring (bicyclic) bond motifs is 1.